The number of nitrogens with one attached hydrogen (secondary N) is 1. The van der Waals surface area contributed by atoms with Gasteiger partial charge >= 0.3 is 5.97 Å². The Morgan fingerprint density at radius 2 is 1.01 bits per heavy atom. The zero-order valence-electron chi connectivity index (χ0n) is 38.2. The molecule has 344 valence electrons. The average molecular weight is 908 g/mol. The molecule has 14 heteroatoms. The lowest BCUT2D eigenvalue weighted by molar-refractivity contribution is -0.143. The van der Waals surface area contributed by atoms with Crippen molar-refractivity contribution in [2.75, 3.05) is 13.2 Å². The number of rotatable bonds is 11. The Morgan fingerprint density at radius 1 is 0.612 bits per heavy atom. The minimum absolute atomic E-state index is 0.0732. The predicted octanol–water partition coefficient (Wildman–Crippen LogP) is 10.9. The molecule has 0 aliphatic rings. The molecule has 1 unspecified atom stereocenters. The Labute approximate surface area is 386 Å². The van der Waals surface area contributed by atoms with Crippen molar-refractivity contribution >= 4 is 44.6 Å². The SMILES string of the molecule is CCNC(=O)C(C)Cc1cc2cnn(-c3ccc(F)cc3)c2cc1C.CCOC(=O)CCc1cc2cnn(-c3ccc(F)cc3)c2cc1C.Cc1cc2c(cnn2-c2ccc(F)cc2)cc1O. The second-order valence-electron chi connectivity index (χ2n) is 16.3. The molecule has 3 heterocycles. The van der Waals surface area contributed by atoms with Crippen LogP contribution in [0.5, 0.6) is 5.75 Å². The number of halogens is 3. The summed E-state index contributed by atoms with van der Waals surface area (Å²) in [4.78, 5) is 23.5. The van der Waals surface area contributed by atoms with Crippen LogP contribution in [-0.4, -0.2) is 59.5 Å². The summed E-state index contributed by atoms with van der Waals surface area (Å²) in [6, 6.07) is 30.5. The van der Waals surface area contributed by atoms with Crippen LogP contribution in [0.4, 0.5) is 13.2 Å². The van der Waals surface area contributed by atoms with Crippen molar-refractivity contribution in [3.63, 3.8) is 0 Å². The molecule has 0 saturated carbocycles. The maximum Gasteiger partial charge on any atom is 0.306 e. The van der Waals surface area contributed by atoms with Crippen molar-refractivity contribution in [2.24, 2.45) is 5.92 Å². The number of amides is 1. The van der Waals surface area contributed by atoms with Crippen LogP contribution >= 0.6 is 0 Å². The highest BCUT2D eigenvalue weighted by atomic mass is 19.1. The van der Waals surface area contributed by atoms with E-state index in [9.17, 15) is 27.9 Å². The molecule has 0 spiro atoms. The number of fused-ring (bicyclic) bond motifs is 3. The molecule has 0 aliphatic heterocycles. The molecule has 1 atom stereocenters. The van der Waals surface area contributed by atoms with Gasteiger partial charge in [0.15, 0.2) is 0 Å². The average Bonchev–Trinajstić information content (AvgIpc) is 4.04. The van der Waals surface area contributed by atoms with Crippen molar-refractivity contribution in [1.82, 2.24) is 34.7 Å². The zero-order chi connectivity index (χ0) is 47.8. The van der Waals surface area contributed by atoms with Gasteiger partial charge in [0.1, 0.15) is 23.2 Å². The number of aromatic nitrogens is 6. The van der Waals surface area contributed by atoms with E-state index in [0.29, 0.717) is 32.4 Å². The number of nitrogens with zero attached hydrogens (tertiary/aromatic N) is 6. The minimum atomic E-state index is -0.274. The van der Waals surface area contributed by atoms with Crippen molar-refractivity contribution in [3.8, 4) is 22.8 Å². The molecule has 11 nitrogen and oxygen atoms in total. The number of phenolic OH excluding ortho intramolecular Hbond substituents is 1. The van der Waals surface area contributed by atoms with Gasteiger partial charge in [0.05, 0.1) is 58.8 Å². The molecule has 2 N–H and O–H groups in total. The number of hydrogen-bond donors (Lipinski definition) is 2. The van der Waals surface area contributed by atoms with E-state index in [1.807, 2.05) is 46.8 Å². The smallest absolute Gasteiger partial charge is 0.306 e. The standard InChI is InChI=1S/C20H22FN3O.C19H19FN2O2.C14H11FN2O/c1-4-22-20(25)14(3)9-15-11-16-12-23-24(19(16)10-13(15)2)18-7-5-17(21)6-8-18;1-3-24-19(23)9-4-14-11-15-12-21-22(18(15)10-13(14)2)17-7-5-16(20)6-8-17;1-9-6-13-10(7-14(9)18)8-16-17(13)12-4-2-11(15)3-5-12/h5-8,10-12,14H,4,9H2,1-3H3,(H,22,25);5-8,10-12H,3-4,9H2,1-2H3;2-8,18H,1H3. The number of carbonyl (C=O) groups excluding carboxylic acids is 2. The molecule has 67 heavy (non-hydrogen) atoms. The van der Waals surface area contributed by atoms with Gasteiger partial charge in [0.2, 0.25) is 5.91 Å². The van der Waals surface area contributed by atoms with Gasteiger partial charge in [-0.1, -0.05) is 6.92 Å². The number of phenols is 1. The Balaban J connectivity index is 0.000000151. The van der Waals surface area contributed by atoms with Crippen molar-refractivity contribution in [2.45, 2.75) is 60.8 Å². The number of ether oxygens (including phenoxy) is 1. The maximum absolute atomic E-state index is 13.1. The monoisotopic (exact) mass is 907 g/mol. The van der Waals surface area contributed by atoms with Crippen LogP contribution < -0.4 is 5.32 Å². The molecule has 3 aromatic heterocycles. The summed E-state index contributed by atoms with van der Waals surface area (Å²) in [5.41, 5.74) is 10.5. The van der Waals surface area contributed by atoms with Gasteiger partial charge in [0, 0.05) is 35.0 Å². The summed E-state index contributed by atoms with van der Waals surface area (Å²) in [6.45, 7) is 12.6. The van der Waals surface area contributed by atoms with Crippen LogP contribution in [0.1, 0.15) is 55.0 Å². The molecule has 0 fully saturated rings. The molecule has 0 saturated heterocycles. The molecule has 9 rings (SSSR count). The van der Waals surface area contributed by atoms with Gasteiger partial charge in [-0.3, -0.25) is 9.59 Å². The van der Waals surface area contributed by atoms with Crippen molar-refractivity contribution < 1.29 is 32.6 Å². The predicted molar refractivity (Wildman–Crippen MR) is 255 cm³/mol. The zero-order valence-corrected chi connectivity index (χ0v) is 38.2. The Bertz CT molecular complexity index is 3160. The lowest BCUT2D eigenvalue weighted by Gasteiger charge is -2.13. The number of hydrogen-bond acceptors (Lipinski definition) is 7. The molecule has 0 aliphatic carbocycles. The summed E-state index contributed by atoms with van der Waals surface area (Å²) in [5, 5.41) is 28.5. The first-order chi connectivity index (χ1) is 32.2. The first kappa shape index (κ1) is 47.2. The number of esters is 1. The highest BCUT2D eigenvalue weighted by Gasteiger charge is 2.16. The number of carbonyl (C=O) groups is 2. The summed E-state index contributed by atoms with van der Waals surface area (Å²) in [5.74, 6) is -0.748. The second-order valence-corrected chi connectivity index (χ2v) is 16.3. The lowest BCUT2D eigenvalue weighted by Crippen LogP contribution is -2.30. The third-order valence-corrected chi connectivity index (χ3v) is 11.4. The number of benzene rings is 6. The highest BCUT2D eigenvalue weighted by molar-refractivity contribution is 5.85. The molecule has 1 amide bonds. The Morgan fingerprint density at radius 3 is 1.45 bits per heavy atom. The molecular formula is C53H52F3N7O4. The summed E-state index contributed by atoms with van der Waals surface area (Å²) >= 11 is 0. The first-order valence-corrected chi connectivity index (χ1v) is 22.1. The van der Waals surface area contributed by atoms with E-state index >= 15 is 0 Å². The fourth-order valence-electron chi connectivity index (χ4n) is 7.71. The fourth-order valence-corrected chi connectivity index (χ4v) is 7.71. The highest BCUT2D eigenvalue weighted by Crippen LogP contribution is 2.28. The first-order valence-electron chi connectivity index (χ1n) is 22.1. The van der Waals surface area contributed by atoms with Gasteiger partial charge in [-0.2, -0.15) is 15.3 Å². The van der Waals surface area contributed by atoms with Crippen molar-refractivity contribution in [3.05, 3.63) is 173 Å². The van der Waals surface area contributed by atoms with Crippen LogP contribution in [0.2, 0.25) is 0 Å². The quantitative estimate of drug-likeness (QED) is 0.124. The van der Waals surface area contributed by atoms with Gasteiger partial charge in [-0.15, -0.1) is 0 Å². The summed E-state index contributed by atoms with van der Waals surface area (Å²) in [6.07, 6.45) is 6.96. The van der Waals surface area contributed by atoms with Gasteiger partial charge < -0.3 is 15.2 Å². The van der Waals surface area contributed by atoms with Gasteiger partial charge in [-0.25, -0.2) is 27.2 Å². The van der Waals surface area contributed by atoms with E-state index in [2.05, 4.69) is 38.8 Å². The molecule has 6 aromatic carbocycles. The number of aryl methyl sites for hydroxylation is 4. The molecule has 9 aromatic rings. The van der Waals surface area contributed by atoms with E-state index in [-0.39, 0.29) is 41.0 Å². The summed E-state index contributed by atoms with van der Waals surface area (Å²) < 4.78 is 49.4. The lowest BCUT2D eigenvalue weighted by atomic mass is 9.95. The Kier molecular flexibility index (Phi) is 14.8. The molecule has 0 radical (unpaired) electrons. The summed E-state index contributed by atoms with van der Waals surface area (Å²) in [7, 11) is 0. The molecule has 0 bridgehead atoms. The van der Waals surface area contributed by atoms with Crippen LogP contribution in [-0.2, 0) is 27.2 Å². The van der Waals surface area contributed by atoms with Crippen molar-refractivity contribution in [1.29, 1.82) is 0 Å². The third-order valence-electron chi connectivity index (χ3n) is 11.4. The molecular weight excluding hydrogens is 856 g/mol. The normalized spacial score (nSPS) is 11.5. The largest absolute Gasteiger partial charge is 0.508 e. The van der Waals surface area contributed by atoms with Gasteiger partial charge in [-0.05, 0) is 184 Å². The van der Waals surface area contributed by atoms with Crippen LogP contribution in [0.3, 0.4) is 0 Å². The maximum atomic E-state index is 13.1. The van der Waals surface area contributed by atoms with E-state index in [1.165, 1.54) is 36.4 Å². The van der Waals surface area contributed by atoms with E-state index in [1.54, 1.807) is 82.0 Å². The van der Waals surface area contributed by atoms with Gasteiger partial charge in [0.25, 0.3) is 0 Å². The van der Waals surface area contributed by atoms with E-state index in [0.717, 1.165) is 77.6 Å². The topological polar surface area (TPSA) is 129 Å². The third kappa shape index (κ3) is 11.2. The second kappa shape index (κ2) is 21.0. The van der Waals surface area contributed by atoms with Crippen LogP contribution in [0, 0.1) is 44.1 Å². The van der Waals surface area contributed by atoms with E-state index in [4.69, 9.17) is 4.74 Å². The van der Waals surface area contributed by atoms with Crippen LogP contribution in [0.15, 0.2) is 128 Å². The Hall–Kier alpha value is -7.74. The fraction of sp³-hybridized carbons (Fsp3) is 0.226. The van der Waals surface area contributed by atoms with E-state index < -0.39 is 0 Å². The minimum Gasteiger partial charge on any atom is -0.508 e. The number of aromatic hydroxyl groups is 1. The van der Waals surface area contributed by atoms with Crippen LogP contribution in [0.25, 0.3) is 49.8 Å².